The zero-order valence-electron chi connectivity index (χ0n) is 14.7. The molecule has 0 bridgehead atoms. The monoisotopic (exact) mass is 367 g/mol. The highest BCUT2D eigenvalue weighted by atomic mass is 16.4. The molecule has 0 atom stereocenters. The van der Waals surface area contributed by atoms with E-state index >= 15 is 0 Å². The first-order valence-electron chi connectivity index (χ1n) is 8.79. The number of aromatic carboxylic acids is 1. The van der Waals surface area contributed by atoms with E-state index in [1.54, 1.807) is 36.4 Å². The maximum absolute atomic E-state index is 12.3. The lowest BCUT2D eigenvalue weighted by Gasteiger charge is -2.09. The smallest absolute Gasteiger partial charge is 0.335 e. The van der Waals surface area contributed by atoms with E-state index in [0.29, 0.717) is 24.2 Å². The highest BCUT2D eigenvalue weighted by molar-refractivity contribution is 5.97. The minimum Gasteiger partial charge on any atom is -0.478 e. The molecule has 4 N–H and O–H groups in total. The molecule has 140 valence electrons. The number of nitrogens with one attached hydrogen (secondary N) is 3. The maximum atomic E-state index is 12.3. The molecular formula is C20H21N3O4. The largest absolute Gasteiger partial charge is 0.478 e. The summed E-state index contributed by atoms with van der Waals surface area (Å²) in [7, 11) is 0. The molecule has 2 aromatic rings. The summed E-state index contributed by atoms with van der Waals surface area (Å²) in [4.78, 5) is 35.1. The Kier molecular flexibility index (Phi) is 5.71. The highest BCUT2D eigenvalue weighted by Gasteiger charge is 2.23. The van der Waals surface area contributed by atoms with E-state index in [4.69, 9.17) is 5.11 Å². The third-order valence-corrected chi connectivity index (χ3v) is 4.17. The predicted octanol–water partition coefficient (Wildman–Crippen LogP) is 2.64. The summed E-state index contributed by atoms with van der Waals surface area (Å²) in [6.45, 7) is 0.377. The Morgan fingerprint density at radius 1 is 1.00 bits per heavy atom. The third kappa shape index (κ3) is 5.57. The number of carboxylic acids is 1. The van der Waals surface area contributed by atoms with Crippen molar-refractivity contribution in [2.24, 2.45) is 0 Å². The number of carbonyl (C=O) groups excluding carboxylic acids is 2. The van der Waals surface area contributed by atoms with Gasteiger partial charge < -0.3 is 21.1 Å². The lowest BCUT2D eigenvalue weighted by molar-refractivity contribution is 0.0696. The van der Waals surface area contributed by atoms with Crippen LogP contribution in [0.25, 0.3) is 0 Å². The maximum Gasteiger partial charge on any atom is 0.335 e. The van der Waals surface area contributed by atoms with Gasteiger partial charge in [-0.2, -0.15) is 0 Å². The topological polar surface area (TPSA) is 108 Å². The lowest BCUT2D eigenvalue weighted by atomic mass is 10.1. The number of carbonyl (C=O) groups is 3. The van der Waals surface area contributed by atoms with Crippen LogP contribution in [0, 0.1) is 0 Å². The van der Waals surface area contributed by atoms with Gasteiger partial charge in [-0.3, -0.25) is 4.79 Å². The molecule has 0 unspecified atom stereocenters. The molecule has 0 spiro atoms. The molecule has 0 aliphatic heterocycles. The zero-order chi connectivity index (χ0) is 19.2. The Labute approximate surface area is 156 Å². The van der Waals surface area contributed by atoms with Crippen molar-refractivity contribution in [2.45, 2.75) is 25.3 Å². The Morgan fingerprint density at radius 2 is 1.74 bits per heavy atom. The molecule has 3 amide bonds. The van der Waals surface area contributed by atoms with E-state index in [9.17, 15) is 14.4 Å². The summed E-state index contributed by atoms with van der Waals surface area (Å²) in [6, 6.07) is 13.3. The lowest BCUT2D eigenvalue weighted by Crippen LogP contribution is -2.30. The minimum absolute atomic E-state index is 0.224. The summed E-state index contributed by atoms with van der Waals surface area (Å²) < 4.78 is 0. The standard InChI is InChI=1S/C20H21N3O4/c24-18(21-10-9-13-3-1-5-15(11-13)19(25)26)14-4-2-6-17(12-14)23-20(27)22-16-7-8-16/h1-6,11-12,16H,7-10H2,(H,21,24)(H,25,26)(H2,22,23,27). The number of rotatable bonds is 7. The molecule has 0 saturated heterocycles. The van der Waals surface area contributed by atoms with E-state index in [2.05, 4.69) is 16.0 Å². The van der Waals surface area contributed by atoms with Crippen LogP contribution in [0.2, 0.25) is 0 Å². The van der Waals surface area contributed by atoms with Crippen LogP contribution in [0.15, 0.2) is 48.5 Å². The molecule has 27 heavy (non-hydrogen) atoms. The Bertz CT molecular complexity index is 862. The van der Waals surface area contributed by atoms with Crippen molar-refractivity contribution in [1.82, 2.24) is 10.6 Å². The van der Waals surface area contributed by atoms with Crippen molar-refractivity contribution in [3.05, 3.63) is 65.2 Å². The fourth-order valence-corrected chi connectivity index (χ4v) is 2.60. The average Bonchev–Trinajstić information content (AvgIpc) is 3.46. The van der Waals surface area contributed by atoms with Crippen LogP contribution >= 0.6 is 0 Å². The van der Waals surface area contributed by atoms with Gasteiger partial charge in [-0.15, -0.1) is 0 Å². The van der Waals surface area contributed by atoms with Crippen LogP contribution in [0.5, 0.6) is 0 Å². The van der Waals surface area contributed by atoms with Gasteiger partial charge in [-0.25, -0.2) is 9.59 Å². The van der Waals surface area contributed by atoms with Crippen molar-refractivity contribution in [2.75, 3.05) is 11.9 Å². The van der Waals surface area contributed by atoms with Gasteiger partial charge in [0.15, 0.2) is 0 Å². The molecular weight excluding hydrogens is 346 g/mol. The van der Waals surface area contributed by atoms with Crippen LogP contribution in [0.3, 0.4) is 0 Å². The SMILES string of the molecule is O=C(Nc1cccc(C(=O)NCCc2cccc(C(=O)O)c2)c1)NC1CC1. The molecule has 1 aliphatic carbocycles. The van der Waals surface area contributed by atoms with Gasteiger partial charge in [0.2, 0.25) is 0 Å². The summed E-state index contributed by atoms with van der Waals surface area (Å²) in [5.41, 5.74) is 2.05. The normalized spacial score (nSPS) is 12.9. The molecule has 1 aliphatic rings. The molecule has 7 heteroatoms. The number of urea groups is 1. The summed E-state index contributed by atoms with van der Waals surface area (Å²) >= 11 is 0. The van der Waals surface area contributed by atoms with E-state index in [0.717, 1.165) is 18.4 Å². The second-order valence-electron chi connectivity index (χ2n) is 6.46. The number of amides is 3. The Hall–Kier alpha value is -3.35. The van der Waals surface area contributed by atoms with Crippen molar-refractivity contribution in [3.8, 4) is 0 Å². The number of carboxylic acid groups (broad SMARTS) is 1. The van der Waals surface area contributed by atoms with Crippen LogP contribution in [-0.2, 0) is 6.42 Å². The van der Waals surface area contributed by atoms with E-state index in [1.807, 2.05) is 6.07 Å². The zero-order valence-corrected chi connectivity index (χ0v) is 14.7. The van der Waals surface area contributed by atoms with Gasteiger partial charge in [0.1, 0.15) is 0 Å². The van der Waals surface area contributed by atoms with Gasteiger partial charge in [0.25, 0.3) is 5.91 Å². The van der Waals surface area contributed by atoms with Gasteiger partial charge >= 0.3 is 12.0 Å². The molecule has 0 aromatic heterocycles. The van der Waals surface area contributed by atoms with Crippen LogP contribution in [0.4, 0.5) is 10.5 Å². The minimum atomic E-state index is -0.976. The van der Waals surface area contributed by atoms with Crippen molar-refractivity contribution in [1.29, 1.82) is 0 Å². The summed E-state index contributed by atoms with van der Waals surface area (Å²) in [6.07, 6.45) is 2.53. The van der Waals surface area contributed by atoms with E-state index in [-0.39, 0.29) is 23.5 Å². The van der Waals surface area contributed by atoms with Gasteiger partial charge in [0, 0.05) is 23.8 Å². The van der Waals surface area contributed by atoms with Gasteiger partial charge in [-0.05, 0) is 55.2 Å². The molecule has 3 rings (SSSR count). The van der Waals surface area contributed by atoms with Gasteiger partial charge in [-0.1, -0.05) is 18.2 Å². The fraction of sp³-hybridized carbons (Fsp3) is 0.250. The second kappa shape index (κ2) is 8.35. The summed E-state index contributed by atoms with van der Waals surface area (Å²) in [5.74, 6) is -1.23. The number of anilines is 1. The highest BCUT2D eigenvalue weighted by Crippen LogP contribution is 2.19. The van der Waals surface area contributed by atoms with Gasteiger partial charge in [0.05, 0.1) is 5.56 Å². The van der Waals surface area contributed by atoms with Crippen LogP contribution in [0.1, 0.15) is 39.1 Å². The molecule has 1 saturated carbocycles. The molecule has 7 nitrogen and oxygen atoms in total. The number of hydrogen-bond acceptors (Lipinski definition) is 3. The van der Waals surface area contributed by atoms with Crippen molar-refractivity contribution < 1.29 is 19.5 Å². The first kappa shape index (κ1) is 18.4. The number of hydrogen-bond donors (Lipinski definition) is 4. The van der Waals surface area contributed by atoms with Crippen molar-refractivity contribution in [3.63, 3.8) is 0 Å². The number of benzene rings is 2. The fourth-order valence-electron chi connectivity index (χ4n) is 2.60. The Morgan fingerprint density at radius 3 is 2.48 bits per heavy atom. The van der Waals surface area contributed by atoms with E-state index in [1.165, 1.54) is 6.07 Å². The first-order valence-corrected chi connectivity index (χ1v) is 8.79. The van der Waals surface area contributed by atoms with Crippen LogP contribution < -0.4 is 16.0 Å². The molecule has 2 aromatic carbocycles. The first-order chi connectivity index (χ1) is 13.0. The van der Waals surface area contributed by atoms with Crippen LogP contribution in [-0.4, -0.2) is 35.6 Å². The second-order valence-corrected chi connectivity index (χ2v) is 6.46. The summed E-state index contributed by atoms with van der Waals surface area (Å²) in [5, 5.41) is 17.4. The Balaban J connectivity index is 1.51. The molecule has 1 fully saturated rings. The molecule has 0 radical (unpaired) electrons. The van der Waals surface area contributed by atoms with Crippen molar-refractivity contribution >= 4 is 23.6 Å². The average molecular weight is 367 g/mol. The third-order valence-electron chi connectivity index (χ3n) is 4.17. The quantitative estimate of drug-likeness (QED) is 0.603. The predicted molar refractivity (Wildman–Crippen MR) is 101 cm³/mol. The van der Waals surface area contributed by atoms with E-state index < -0.39 is 5.97 Å². The molecule has 0 heterocycles.